The van der Waals surface area contributed by atoms with Gasteiger partial charge in [0.2, 0.25) is 5.95 Å². The lowest BCUT2D eigenvalue weighted by Crippen LogP contribution is -2.47. The zero-order valence-corrected chi connectivity index (χ0v) is 15.9. The number of piperazine rings is 1. The summed E-state index contributed by atoms with van der Waals surface area (Å²) < 4.78 is 0. The van der Waals surface area contributed by atoms with Gasteiger partial charge in [0.1, 0.15) is 5.82 Å². The van der Waals surface area contributed by atoms with Crippen LogP contribution < -0.4 is 9.80 Å². The molecule has 8 nitrogen and oxygen atoms in total. The molecule has 0 atom stereocenters. The maximum Gasteiger partial charge on any atom is 0.229 e. The van der Waals surface area contributed by atoms with Crippen LogP contribution in [0.5, 0.6) is 0 Å². The van der Waals surface area contributed by atoms with Gasteiger partial charge in [-0.1, -0.05) is 30.3 Å². The lowest BCUT2D eigenvalue weighted by molar-refractivity contribution is 0.188. The van der Waals surface area contributed by atoms with Gasteiger partial charge in [0.05, 0.1) is 17.7 Å². The van der Waals surface area contributed by atoms with Crippen LogP contribution in [0.3, 0.4) is 0 Å². The SMILES string of the molecule is OCCN1CCN(c2nc3c4c([nH]nc4n2)CCN3Cc2ccccc2)CC1. The van der Waals surface area contributed by atoms with E-state index >= 15 is 0 Å². The number of anilines is 2. The Morgan fingerprint density at radius 1 is 1.00 bits per heavy atom. The molecule has 0 amide bonds. The Balaban J connectivity index is 1.45. The Morgan fingerprint density at radius 3 is 2.61 bits per heavy atom. The van der Waals surface area contributed by atoms with E-state index < -0.39 is 0 Å². The van der Waals surface area contributed by atoms with Crippen molar-refractivity contribution in [2.45, 2.75) is 13.0 Å². The summed E-state index contributed by atoms with van der Waals surface area (Å²) in [5.74, 6) is 1.74. The van der Waals surface area contributed by atoms with Gasteiger partial charge in [0.15, 0.2) is 5.65 Å². The normalized spacial score (nSPS) is 17.5. The van der Waals surface area contributed by atoms with Crippen LogP contribution in [0.2, 0.25) is 0 Å². The van der Waals surface area contributed by atoms with E-state index in [1.807, 2.05) is 6.07 Å². The largest absolute Gasteiger partial charge is 0.395 e. The molecule has 0 radical (unpaired) electrons. The highest BCUT2D eigenvalue weighted by Gasteiger charge is 2.27. The van der Waals surface area contributed by atoms with Gasteiger partial charge < -0.3 is 14.9 Å². The van der Waals surface area contributed by atoms with Crippen LogP contribution in [0.15, 0.2) is 30.3 Å². The smallest absolute Gasteiger partial charge is 0.229 e. The Morgan fingerprint density at radius 2 is 1.82 bits per heavy atom. The molecule has 2 N–H and O–H groups in total. The van der Waals surface area contributed by atoms with Crippen LogP contribution in [0, 0.1) is 0 Å². The molecule has 2 aromatic heterocycles. The standard InChI is InChI=1S/C20H25N7O/c28-13-12-25-8-10-26(11-9-25)20-21-18-17-16(23-24-18)6-7-27(19(17)22-20)14-15-4-2-1-3-5-15/h1-5,28H,6-14H2,(H,21,22,23,24). The number of H-pyrrole nitrogens is 1. The van der Waals surface area contributed by atoms with E-state index in [1.165, 1.54) is 5.56 Å². The Kier molecular flexibility index (Phi) is 4.58. The summed E-state index contributed by atoms with van der Waals surface area (Å²) >= 11 is 0. The minimum atomic E-state index is 0.205. The van der Waals surface area contributed by atoms with Crippen LogP contribution in [0.4, 0.5) is 11.8 Å². The first-order valence-corrected chi connectivity index (χ1v) is 9.94. The molecule has 146 valence electrons. The van der Waals surface area contributed by atoms with E-state index in [9.17, 15) is 0 Å². The molecule has 3 aromatic rings. The molecule has 2 aliphatic heterocycles. The quantitative estimate of drug-likeness (QED) is 0.685. The molecule has 0 saturated carbocycles. The molecule has 1 saturated heterocycles. The van der Waals surface area contributed by atoms with E-state index in [4.69, 9.17) is 15.1 Å². The summed E-state index contributed by atoms with van der Waals surface area (Å²) in [6.07, 6.45) is 0.929. The molecule has 0 aliphatic carbocycles. The zero-order chi connectivity index (χ0) is 18.9. The summed E-state index contributed by atoms with van der Waals surface area (Å²) in [4.78, 5) is 16.6. The number of nitrogens with zero attached hydrogens (tertiary/aromatic N) is 6. The van der Waals surface area contributed by atoms with E-state index in [0.29, 0.717) is 0 Å². The molecule has 1 aromatic carbocycles. The number of aliphatic hydroxyl groups is 1. The molecule has 28 heavy (non-hydrogen) atoms. The van der Waals surface area contributed by atoms with Gasteiger partial charge in [-0.3, -0.25) is 10.00 Å². The monoisotopic (exact) mass is 379 g/mol. The number of hydrogen-bond acceptors (Lipinski definition) is 7. The molecule has 4 heterocycles. The van der Waals surface area contributed by atoms with Gasteiger partial charge in [0, 0.05) is 52.2 Å². The second kappa shape index (κ2) is 7.37. The Hall–Kier alpha value is -2.71. The number of benzene rings is 1. The van der Waals surface area contributed by atoms with Gasteiger partial charge in [-0.15, -0.1) is 0 Å². The Labute approximate surface area is 163 Å². The zero-order valence-electron chi connectivity index (χ0n) is 15.9. The van der Waals surface area contributed by atoms with Crippen molar-refractivity contribution in [1.29, 1.82) is 0 Å². The molecular formula is C20H25N7O. The molecule has 0 bridgehead atoms. The van der Waals surface area contributed by atoms with E-state index in [1.54, 1.807) is 0 Å². The number of aromatic amines is 1. The number of rotatable bonds is 5. The van der Waals surface area contributed by atoms with Crippen molar-refractivity contribution >= 4 is 22.8 Å². The second-order valence-corrected chi connectivity index (χ2v) is 7.46. The van der Waals surface area contributed by atoms with Gasteiger partial charge in [0.25, 0.3) is 0 Å². The predicted octanol–water partition coefficient (Wildman–Crippen LogP) is 1.03. The van der Waals surface area contributed by atoms with Gasteiger partial charge >= 0.3 is 0 Å². The molecule has 1 fully saturated rings. The first-order valence-electron chi connectivity index (χ1n) is 9.94. The number of hydrogen-bond donors (Lipinski definition) is 2. The van der Waals surface area contributed by atoms with Crippen molar-refractivity contribution in [1.82, 2.24) is 25.1 Å². The lowest BCUT2D eigenvalue weighted by Gasteiger charge is -2.35. The first-order chi connectivity index (χ1) is 13.8. The fourth-order valence-electron chi connectivity index (χ4n) is 4.13. The predicted molar refractivity (Wildman–Crippen MR) is 109 cm³/mol. The van der Waals surface area contributed by atoms with Crippen LogP contribution in [-0.2, 0) is 13.0 Å². The highest BCUT2D eigenvalue weighted by Crippen LogP contribution is 2.33. The van der Waals surface area contributed by atoms with Crippen LogP contribution in [0.1, 0.15) is 11.3 Å². The average Bonchev–Trinajstić information content (AvgIpc) is 3.16. The molecular weight excluding hydrogens is 354 g/mol. The number of aromatic nitrogens is 4. The van der Waals surface area contributed by atoms with E-state index in [2.05, 4.69) is 49.2 Å². The first kappa shape index (κ1) is 17.4. The summed E-state index contributed by atoms with van der Waals surface area (Å²) in [7, 11) is 0. The minimum Gasteiger partial charge on any atom is -0.395 e. The van der Waals surface area contributed by atoms with Crippen molar-refractivity contribution in [2.24, 2.45) is 0 Å². The second-order valence-electron chi connectivity index (χ2n) is 7.46. The van der Waals surface area contributed by atoms with E-state index in [0.717, 1.165) is 80.7 Å². The maximum atomic E-state index is 9.15. The van der Waals surface area contributed by atoms with Crippen LogP contribution in [0.25, 0.3) is 11.0 Å². The number of β-amino-alcohol motifs (C(OH)–C–C–N with tert-alkyl or cyclic N) is 1. The number of aliphatic hydroxyl groups excluding tert-OH is 1. The summed E-state index contributed by atoms with van der Waals surface area (Å²) in [6.45, 7) is 6.24. The van der Waals surface area contributed by atoms with Crippen molar-refractivity contribution in [3.05, 3.63) is 41.6 Å². The maximum absolute atomic E-state index is 9.15. The van der Waals surface area contributed by atoms with Gasteiger partial charge in [-0.05, 0) is 5.56 Å². The highest BCUT2D eigenvalue weighted by molar-refractivity contribution is 5.91. The third kappa shape index (κ3) is 3.18. The fraction of sp³-hybridized carbons (Fsp3) is 0.450. The molecule has 2 aliphatic rings. The summed E-state index contributed by atoms with van der Waals surface area (Å²) in [5.41, 5.74) is 3.17. The van der Waals surface area contributed by atoms with Crippen molar-refractivity contribution in [2.75, 3.05) is 55.7 Å². The molecule has 8 heteroatoms. The highest BCUT2D eigenvalue weighted by atomic mass is 16.3. The minimum absolute atomic E-state index is 0.205. The van der Waals surface area contributed by atoms with Crippen molar-refractivity contribution in [3.63, 3.8) is 0 Å². The fourth-order valence-corrected chi connectivity index (χ4v) is 4.13. The molecule has 0 unspecified atom stereocenters. The third-order valence-electron chi connectivity index (χ3n) is 5.68. The summed E-state index contributed by atoms with van der Waals surface area (Å²) in [6, 6.07) is 10.5. The van der Waals surface area contributed by atoms with Crippen molar-refractivity contribution in [3.8, 4) is 0 Å². The van der Waals surface area contributed by atoms with Crippen LogP contribution >= 0.6 is 0 Å². The topological polar surface area (TPSA) is 84.4 Å². The van der Waals surface area contributed by atoms with Gasteiger partial charge in [-0.25, -0.2) is 0 Å². The molecule has 0 spiro atoms. The van der Waals surface area contributed by atoms with Crippen molar-refractivity contribution < 1.29 is 5.11 Å². The third-order valence-corrected chi connectivity index (χ3v) is 5.68. The Bertz CT molecular complexity index is 950. The average molecular weight is 379 g/mol. The lowest BCUT2D eigenvalue weighted by atomic mass is 10.1. The van der Waals surface area contributed by atoms with E-state index in [-0.39, 0.29) is 6.61 Å². The molecule has 5 rings (SSSR count). The van der Waals surface area contributed by atoms with Gasteiger partial charge in [-0.2, -0.15) is 15.1 Å². The summed E-state index contributed by atoms with van der Waals surface area (Å²) in [5, 5.41) is 17.8. The number of nitrogens with one attached hydrogen (secondary N) is 1. The van der Waals surface area contributed by atoms with Crippen LogP contribution in [-0.4, -0.2) is 76.0 Å².